The van der Waals surface area contributed by atoms with Crippen LogP contribution in [0.5, 0.6) is 0 Å². The minimum atomic E-state index is -4.61. The Labute approximate surface area is 148 Å². The molecule has 0 saturated carbocycles. The van der Waals surface area contributed by atoms with Crippen LogP contribution < -0.4 is 0 Å². The van der Waals surface area contributed by atoms with Gasteiger partial charge in [-0.25, -0.2) is 18.1 Å². The second-order valence-corrected chi connectivity index (χ2v) is 7.83. The molecule has 0 bridgehead atoms. The van der Waals surface area contributed by atoms with Crippen LogP contribution in [0.25, 0.3) is 17.1 Å². The van der Waals surface area contributed by atoms with Gasteiger partial charge in [0.1, 0.15) is 0 Å². The summed E-state index contributed by atoms with van der Waals surface area (Å²) in [6, 6.07) is 10.5. The average Bonchev–Trinajstić information content (AvgIpc) is 3.00. The van der Waals surface area contributed by atoms with Crippen molar-refractivity contribution in [3.63, 3.8) is 0 Å². The van der Waals surface area contributed by atoms with Crippen molar-refractivity contribution in [3.05, 3.63) is 59.9 Å². The maximum Gasteiger partial charge on any atom is 0.435 e. The zero-order valence-electron chi connectivity index (χ0n) is 13.8. The van der Waals surface area contributed by atoms with Gasteiger partial charge in [0.25, 0.3) is 0 Å². The fourth-order valence-electron chi connectivity index (χ4n) is 2.34. The summed E-state index contributed by atoms with van der Waals surface area (Å²) in [7, 11) is -3.46. The molecule has 0 aliphatic carbocycles. The molecule has 2 aromatic heterocycles. The number of aromatic nitrogens is 3. The van der Waals surface area contributed by atoms with Crippen LogP contribution in [0.3, 0.4) is 0 Å². The van der Waals surface area contributed by atoms with Crippen LogP contribution in [0.2, 0.25) is 0 Å². The molecule has 0 aliphatic heterocycles. The summed E-state index contributed by atoms with van der Waals surface area (Å²) >= 11 is 0. The van der Waals surface area contributed by atoms with Crippen molar-refractivity contribution in [1.82, 2.24) is 14.8 Å². The molecule has 136 valence electrons. The van der Waals surface area contributed by atoms with Crippen LogP contribution >= 0.6 is 0 Å². The van der Waals surface area contributed by atoms with Gasteiger partial charge in [0.05, 0.1) is 10.6 Å². The maximum absolute atomic E-state index is 13.1. The number of aryl methyl sites for hydroxylation is 1. The number of pyridine rings is 1. The molecule has 0 radical (unpaired) electrons. The molecule has 0 aliphatic rings. The number of nitrogens with zero attached hydrogens (tertiary/aromatic N) is 3. The third-order valence-corrected chi connectivity index (χ3v) is 4.81. The van der Waals surface area contributed by atoms with Crippen molar-refractivity contribution in [3.8, 4) is 17.1 Å². The number of hydrogen-bond acceptors (Lipinski definition) is 4. The molecule has 26 heavy (non-hydrogen) atoms. The largest absolute Gasteiger partial charge is 0.435 e. The van der Waals surface area contributed by atoms with Crippen LogP contribution in [0.1, 0.15) is 11.3 Å². The predicted molar refractivity (Wildman–Crippen MR) is 89.6 cm³/mol. The van der Waals surface area contributed by atoms with E-state index in [0.717, 1.165) is 28.8 Å². The predicted octanol–water partition coefficient (Wildman–Crippen LogP) is 3.67. The van der Waals surface area contributed by atoms with Crippen molar-refractivity contribution in [2.75, 3.05) is 6.26 Å². The lowest BCUT2D eigenvalue weighted by molar-refractivity contribution is -0.141. The summed E-state index contributed by atoms with van der Waals surface area (Å²) < 4.78 is 63.5. The van der Waals surface area contributed by atoms with E-state index in [1.54, 1.807) is 24.3 Å². The van der Waals surface area contributed by atoms with Gasteiger partial charge in [0.15, 0.2) is 21.3 Å². The first-order chi connectivity index (χ1) is 12.1. The first-order valence-corrected chi connectivity index (χ1v) is 9.35. The van der Waals surface area contributed by atoms with Gasteiger partial charge in [-0.3, -0.25) is 0 Å². The van der Waals surface area contributed by atoms with Gasteiger partial charge < -0.3 is 0 Å². The van der Waals surface area contributed by atoms with Crippen molar-refractivity contribution in [2.45, 2.75) is 18.0 Å². The monoisotopic (exact) mass is 381 g/mol. The fraction of sp³-hybridized carbons (Fsp3) is 0.176. The molecule has 0 amide bonds. The first kappa shape index (κ1) is 18.1. The molecule has 1 aromatic carbocycles. The summed E-state index contributed by atoms with van der Waals surface area (Å²) in [5.41, 5.74) is 0.651. The first-order valence-electron chi connectivity index (χ1n) is 7.46. The number of sulfone groups is 1. The van der Waals surface area contributed by atoms with Gasteiger partial charge in [-0.15, -0.1) is 0 Å². The quantitative estimate of drug-likeness (QED) is 0.695. The number of rotatable bonds is 3. The van der Waals surface area contributed by atoms with E-state index in [1.807, 2.05) is 6.92 Å². The SMILES string of the molecule is Cc1ccc(-c2cc(C(F)(F)F)nn2-c2ccc(S(C)(=O)=O)cn2)cc1. The van der Waals surface area contributed by atoms with Crippen LogP contribution in [0.15, 0.2) is 53.6 Å². The second-order valence-electron chi connectivity index (χ2n) is 5.81. The Morgan fingerprint density at radius 1 is 1.04 bits per heavy atom. The zero-order chi connectivity index (χ0) is 19.1. The smallest absolute Gasteiger partial charge is 0.236 e. The van der Waals surface area contributed by atoms with E-state index in [2.05, 4.69) is 10.1 Å². The van der Waals surface area contributed by atoms with Crippen molar-refractivity contribution in [1.29, 1.82) is 0 Å². The van der Waals surface area contributed by atoms with Gasteiger partial charge >= 0.3 is 6.18 Å². The molecule has 2 heterocycles. The van der Waals surface area contributed by atoms with Gasteiger partial charge in [-0.05, 0) is 25.1 Å². The topological polar surface area (TPSA) is 64.8 Å². The second kappa shape index (κ2) is 6.24. The van der Waals surface area contributed by atoms with E-state index in [-0.39, 0.29) is 16.4 Å². The molecule has 3 rings (SSSR count). The Kier molecular flexibility index (Phi) is 4.35. The van der Waals surface area contributed by atoms with Gasteiger partial charge in [-0.2, -0.15) is 18.3 Å². The zero-order valence-corrected chi connectivity index (χ0v) is 14.6. The Balaban J connectivity index is 2.16. The van der Waals surface area contributed by atoms with E-state index < -0.39 is 21.7 Å². The lowest BCUT2D eigenvalue weighted by atomic mass is 10.1. The Morgan fingerprint density at radius 3 is 2.19 bits per heavy atom. The molecule has 0 spiro atoms. The minimum Gasteiger partial charge on any atom is -0.236 e. The van der Waals surface area contributed by atoms with Crippen LogP contribution in [0.4, 0.5) is 13.2 Å². The summed E-state index contributed by atoms with van der Waals surface area (Å²) in [6.07, 6.45) is -2.49. The third-order valence-electron chi connectivity index (χ3n) is 3.71. The Morgan fingerprint density at radius 2 is 1.69 bits per heavy atom. The van der Waals surface area contributed by atoms with Crippen LogP contribution in [-0.4, -0.2) is 29.4 Å². The van der Waals surface area contributed by atoms with Crippen LogP contribution in [0, 0.1) is 6.92 Å². The molecule has 0 fully saturated rings. The fourth-order valence-corrected chi connectivity index (χ4v) is 2.90. The highest BCUT2D eigenvalue weighted by molar-refractivity contribution is 7.90. The molecule has 0 saturated heterocycles. The van der Waals surface area contributed by atoms with Crippen molar-refractivity contribution >= 4 is 9.84 Å². The summed E-state index contributed by atoms with van der Waals surface area (Å²) in [5.74, 6) is 0.0866. The van der Waals surface area contributed by atoms with Gasteiger partial charge in [0, 0.05) is 18.0 Å². The highest BCUT2D eigenvalue weighted by Crippen LogP contribution is 2.33. The van der Waals surface area contributed by atoms with Gasteiger partial charge in [0.2, 0.25) is 0 Å². The normalized spacial score (nSPS) is 12.3. The van der Waals surface area contributed by atoms with Crippen molar-refractivity contribution < 1.29 is 21.6 Å². The standard InChI is InChI=1S/C17H14F3N3O2S/c1-11-3-5-12(6-4-11)14-9-15(17(18,19)20)22-23(14)16-8-7-13(10-21-16)26(2,24)25/h3-10H,1-2H3. The highest BCUT2D eigenvalue weighted by atomic mass is 32.2. The minimum absolute atomic E-state index is 0.0265. The van der Waals surface area contributed by atoms with E-state index in [1.165, 1.54) is 12.1 Å². The summed E-state index contributed by atoms with van der Waals surface area (Å²) in [6.45, 7) is 1.87. The Bertz CT molecular complexity index is 1040. The molecule has 3 aromatic rings. The lowest BCUT2D eigenvalue weighted by Crippen LogP contribution is -2.08. The van der Waals surface area contributed by atoms with Crippen LogP contribution in [-0.2, 0) is 16.0 Å². The van der Waals surface area contributed by atoms with E-state index in [0.29, 0.717) is 5.56 Å². The number of halogens is 3. The number of hydrogen-bond donors (Lipinski definition) is 0. The molecule has 0 atom stereocenters. The van der Waals surface area contributed by atoms with Crippen molar-refractivity contribution in [2.24, 2.45) is 0 Å². The lowest BCUT2D eigenvalue weighted by Gasteiger charge is -2.08. The summed E-state index contributed by atoms with van der Waals surface area (Å²) in [4.78, 5) is 3.94. The molecular weight excluding hydrogens is 367 g/mol. The van der Waals surface area contributed by atoms with E-state index in [9.17, 15) is 21.6 Å². The van der Waals surface area contributed by atoms with E-state index in [4.69, 9.17) is 0 Å². The third kappa shape index (κ3) is 3.62. The molecule has 0 unspecified atom stereocenters. The van der Waals surface area contributed by atoms with Gasteiger partial charge in [-0.1, -0.05) is 29.8 Å². The molecular formula is C17H14F3N3O2S. The maximum atomic E-state index is 13.1. The molecule has 9 heteroatoms. The number of alkyl halides is 3. The number of benzene rings is 1. The van der Waals surface area contributed by atoms with E-state index >= 15 is 0 Å². The Hall–Kier alpha value is -2.68. The molecule has 0 N–H and O–H groups in total. The average molecular weight is 381 g/mol. The molecule has 5 nitrogen and oxygen atoms in total. The summed E-state index contributed by atoms with van der Waals surface area (Å²) in [5, 5.41) is 3.62. The highest BCUT2D eigenvalue weighted by Gasteiger charge is 2.35.